The average molecular weight is 411 g/mol. The van der Waals surface area contributed by atoms with E-state index in [2.05, 4.69) is 22.4 Å². The Kier molecular flexibility index (Phi) is 4.61. The minimum Gasteiger partial charge on any atom is -0.338 e. The van der Waals surface area contributed by atoms with Gasteiger partial charge in [0.05, 0.1) is 26.8 Å². The predicted octanol–water partition coefficient (Wildman–Crippen LogP) is 5.72. The number of anilines is 1. The number of H-pyrrole nitrogens is 1. The van der Waals surface area contributed by atoms with E-state index in [0.717, 1.165) is 48.9 Å². The summed E-state index contributed by atoms with van der Waals surface area (Å²) in [5, 5.41) is 3.70. The Morgan fingerprint density at radius 1 is 0.933 bits per heavy atom. The van der Waals surface area contributed by atoms with Crippen molar-refractivity contribution in [3.63, 3.8) is 0 Å². The summed E-state index contributed by atoms with van der Waals surface area (Å²) in [5.74, 6) is 0.692. The van der Waals surface area contributed by atoms with E-state index < -0.39 is 0 Å². The zero-order valence-electron chi connectivity index (χ0n) is 16.2. The third kappa shape index (κ3) is 3.60. The Morgan fingerprint density at radius 3 is 2.40 bits per heavy atom. The molecule has 0 fully saturated rings. The summed E-state index contributed by atoms with van der Waals surface area (Å²) in [6.07, 6.45) is 2.08. The number of imidazole rings is 1. The van der Waals surface area contributed by atoms with Gasteiger partial charge >= 0.3 is 0 Å². The summed E-state index contributed by atoms with van der Waals surface area (Å²) < 4.78 is 1.13. The molecule has 2 heterocycles. The molecule has 5 rings (SSSR count). The first-order valence-electron chi connectivity index (χ1n) is 9.56. The number of nitrogens with zero attached hydrogens (tertiary/aromatic N) is 2. The molecule has 0 atom stereocenters. The maximum atomic E-state index is 11.3. The molecule has 5 nitrogen and oxygen atoms in total. The maximum Gasteiger partial charge on any atom is 0.221 e. The minimum absolute atomic E-state index is 0.0873. The standard InChI is InChI=1S/C24H18N4OS/c1-15(29)25-17-12-10-16(11-13-17)14-18(23-26-19-6-2-3-7-20(19)27-23)24-28-21-8-4-5-9-22(21)30-24/h2-14H,1H3,(H,25,29)(H,26,27)/b18-14-. The van der Waals surface area contributed by atoms with Gasteiger partial charge in [0.15, 0.2) is 0 Å². The molecule has 2 N–H and O–H groups in total. The molecule has 0 saturated heterocycles. The Labute approximate surface area is 177 Å². The number of aromatic amines is 1. The highest BCUT2D eigenvalue weighted by molar-refractivity contribution is 7.19. The van der Waals surface area contributed by atoms with Crippen LogP contribution in [0.25, 0.3) is 32.9 Å². The summed E-state index contributed by atoms with van der Waals surface area (Å²) in [7, 11) is 0. The van der Waals surface area contributed by atoms with Crippen molar-refractivity contribution in [3.05, 3.63) is 89.2 Å². The predicted molar refractivity (Wildman–Crippen MR) is 123 cm³/mol. The van der Waals surface area contributed by atoms with Crippen molar-refractivity contribution in [3.8, 4) is 0 Å². The van der Waals surface area contributed by atoms with Crippen molar-refractivity contribution < 1.29 is 4.79 Å². The minimum atomic E-state index is -0.0873. The van der Waals surface area contributed by atoms with Gasteiger partial charge in [-0.3, -0.25) is 4.79 Å². The van der Waals surface area contributed by atoms with Crippen LogP contribution in [0.5, 0.6) is 0 Å². The molecule has 0 radical (unpaired) electrons. The average Bonchev–Trinajstić information content (AvgIpc) is 3.36. The number of aromatic nitrogens is 3. The van der Waals surface area contributed by atoms with Gasteiger partial charge in [0, 0.05) is 12.6 Å². The second-order valence-electron chi connectivity index (χ2n) is 6.95. The molecule has 30 heavy (non-hydrogen) atoms. The van der Waals surface area contributed by atoms with Gasteiger partial charge in [-0.25, -0.2) is 9.97 Å². The van der Waals surface area contributed by atoms with Crippen molar-refractivity contribution in [1.29, 1.82) is 0 Å². The summed E-state index contributed by atoms with van der Waals surface area (Å²) in [6.45, 7) is 1.50. The molecule has 1 amide bonds. The SMILES string of the molecule is CC(=O)Nc1ccc(/C=C(/c2nc3ccccc3[nH]2)c2nc3ccccc3s2)cc1. The fourth-order valence-electron chi connectivity index (χ4n) is 3.33. The van der Waals surface area contributed by atoms with Gasteiger partial charge in [0.1, 0.15) is 10.8 Å². The van der Waals surface area contributed by atoms with Crippen molar-refractivity contribution in [1.82, 2.24) is 15.0 Å². The second kappa shape index (κ2) is 7.57. The van der Waals surface area contributed by atoms with E-state index in [1.165, 1.54) is 6.92 Å². The zero-order valence-corrected chi connectivity index (χ0v) is 17.0. The Balaban J connectivity index is 1.63. The van der Waals surface area contributed by atoms with E-state index >= 15 is 0 Å². The van der Waals surface area contributed by atoms with E-state index in [9.17, 15) is 4.79 Å². The summed E-state index contributed by atoms with van der Waals surface area (Å²) in [6, 6.07) is 23.8. The van der Waals surface area contributed by atoms with Crippen LogP contribution in [0.4, 0.5) is 5.69 Å². The topological polar surface area (TPSA) is 70.7 Å². The molecule has 0 bridgehead atoms. The van der Waals surface area contributed by atoms with Gasteiger partial charge in [-0.15, -0.1) is 11.3 Å². The third-order valence-corrected chi connectivity index (χ3v) is 5.78. The number of para-hydroxylation sites is 3. The lowest BCUT2D eigenvalue weighted by Crippen LogP contribution is -2.05. The molecular weight excluding hydrogens is 392 g/mol. The van der Waals surface area contributed by atoms with Crippen LogP contribution in [0.3, 0.4) is 0 Å². The van der Waals surface area contributed by atoms with Gasteiger partial charge in [-0.05, 0) is 48.0 Å². The van der Waals surface area contributed by atoms with Gasteiger partial charge in [-0.2, -0.15) is 0 Å². The van der Waals surface area contributed by atoms with E-state index in [1.807, 2.05) is 66.7 Å². The molecule has 5 aromatic rings. The highest BCUT2D eigenvalue weighted by Crippen LogP contribution is 2.32. The number of carbonyl (C=O) groups is 1. The van der Waals surface area contributed by atoms with Crippen LogP contribution in [0, 0.1) is 0 Å². The monoisotopic (exact) mass is 410 g/mol. The lowest BCUT2D eigenvalue weighted by molar-refractivity contribution is -0.114. The van der Waals surface area contributed by atoms with Crippen LogP contribution in [-0.4, -0.2) is 20.9 Å². The Bertz CT molecular complexity index is 1250. The van der Waals surface area contributed by atoms with Gasteiger partial charge in [0.25, 0.3) is 0 Å². The molecule has 2 aromatic heterocycles. The van der Waals surface area contributed by atoms with E-state index in [-0.39, 0.29) is 5.91 Å². The third-order valence-electron chi connectivity index (χ3n) is 4.71. The lowest BCUT2D eigenvalue weighted by Gasteiger charge is -2.04. The second-order valence-corrected chi connectivity index (χ2v) is 7.98. The number of amides is 1. The molecular formula is C24H18N4OS. The Morgan fingerprint density at radius 2 is 1.67 bits per heavy atom. The number of carbonyl (C=O) groups excluding carboxylic acids is 1. The number of fused-ring (bicyclic) bond motifs is 2. The highest BCUT2D eigenvalue weighted by Gasteiger charge is 2.15. The van der Waals surface area contributed by atoms with Gasteiger partial charge in [-0.1, -0.05) is 36.4 Å². The van der Waals surface area contributed by atoms with Crippen LogP contribution >= 0.6 is 11.3 Å². The summed E-state index contributed by atoms with van der Waals surface area (Å²) in [4.78, 5) is 24.3. The number of nitrogens with one attached hydrogen (secondary N) is 2. The van der Waals surface area contributed by atoms with Crippen LogP contribution in [0.1, 0.15) is 23.3 Å². The van der Waals surface area contributed by atoms with Crippen LogP contribution in [0.2, 0.25) is 0 Å². The van der Waals surface area contributed by atoms with Crippen molar-refractivity contribution in [2.75, 3.05) is 5.32 Å². The van der Waals surface area contributed by atoms with E-state index in [1.54, 1.807) is 11.3 Å². The van der Waals surface area contributed by atoms with Crippen LogP contribution < -0.4 is 5.32 Å². The van der Waals surface area contributed by atoms with Crippen molar-refractivity contribution in [2.45, 2.75) is 6.92 Å². The molecule has 0 saturated carbocycles. The largest absolute Gasteiger partial charge is 0.338 e. The number of rotatable bonds is 4. The first-order valence-corrected chi connectivity index (χ1v) is 10.4. The molecule has 3 aromatic carbocycles. The molecule has 6 heteroatoms. The van der Waals surface area contributed by atoms with Crippen molar-refractivity contribution >= 4 is 55.8 Å². The van der Waals surface area contributed by atoms with Crippen LogP contribution in [-0.2, 0) is 4.79 Å². The fourth-order valence-corrected chi connectivity index (χ4v) is 4.31. The number of hydrogen-bond acceptors (Lipinski definition) is 4. The summed E-state index contributed by atoms with van der Waals surface area (Å²) in [5.41, 5.74) is 5.57. The number of benzene rings is 3. The Hall–Kier alpha value is -3.77. The molecule has 146 valence electrons. The van der Waals surface area contributed by atoms with E-state index in [0.29, 0.717) is 0 Å². The normalized spacial score (nSPS) is 11.8. The molecule has 0 spiro atoms. The smallest absolute Gasteiger partial charge is 0.221 e. The molecule has 0 aliphatic carbocycles. The lowest BCUT2D eigenvalue weighted by atomic mass is 10.1. The van der Waals surface area contributed by atoms with Crippen molar-refractivity contribution in [2.24, 2.45) is 0 Å². The first-order chi connectivity index (χ1) is 14.7. The van der Waals surface area contributed by atoms with E-state index in [4.69, 9.17) is 9.97 Å². The van der Waals surface area contributed by atoms with Gasteiger partial charge < -0.3 is 10.3 Å². The number of hydrogen-bond donors (Lipinski definition) is 2. The zero-order chi connectivity index (χ0) is 20.5. The van der Waals surface area contributed by atoms with Gasteiger partial charge in [0.2, 0.25) is 5.91 Å². The highest BCUT2D eigenvalue weighted by atomic mass is 32.1. The molecule has 0 unspecified atom stereocenters. The number of thiazole rings is 1. The quantitative estimate of drug-likeness (QED) is 0.398. The molecule has 0 aliphatic heterocycles. The maximum absolute atomic E-state index is 11.3. The molecule has 0 aliphatic rings. The first kappa shape index (κ1) is 18.3. The summed E-state index contributed by atoms with van der Waals surface area (Å²) >= 11 is 1.64. The fraction of sp³-hybridized carbons (Fsp3) is 0.0417. The van der Waals surface area contributed by atoms with Crippen LogP contribution in [0.15, 0.2) is 72.8 Å².